The van der Waals surface area contributed by atoms with Crippen LogP contribution in [0.5, 0.6) is 0 Å². The Morgan fingerprint density at radius 1 is 0.978 bits per heavy atom. The predicted molar refractivity (Wildman–Crippen MR) is 172 cm³/mol. The average molecular weight is 629 g/mol. The van der Waals surface area contributed by atoms with Crippen LogP contribution < -0.4 is 10.6 Å². The second-order valence-corrected chi connectivity index (χ2v) is 15.4. The van der Waals surface area contributed by atoms with Crippen LogP contribution in [0, 0.1) is 17.8 Å². The molecule has 4 heterocycles. The van der Waals surface area contributed by atoms with E-state index in [4.69, 9.17) is 4.74 Å². The van der Waals surface area contributed by atoms with Crippen molar-refractivity contribution < 1.29 is 18.7 Å². The lowest BCUT2D eigenvalue weighted by atomic mass is 9.64. The molecule has 10 atom stereocenters. The van der Waals surface area contributed by atoms with Crippen molar-refractivity contribution in [2.45, 2.75) is 113 Å². The summed E-state index contributed by atoms with van der Waals surface area (Å²) in [7, 11) is 4.34. The molecule has 1 amide bonds. The van der Waals surface area contributed by atoms with Crippen molar-refractivity contribution in [1.82, 2.24) is 30.2 Å². The highest BCUT2D eigenvalue weighted by Crippen LogP contribution is 2.50. The summed E-state index contributed by atoms with van der Waals surface area (Å²) in [4.78, 5) is 37.1. The molecule has 7 rings (SSSR count). The molecular formula is C35H57FN6O3. The molecule has 45 heavy (non-hydrogen) atoms. The Hall–Kier alpha value is -1.59. The number of piperazine rings is 1. The molecule has 0 aromatic carbocycles. The standard InChI is InChI=1S/C35H57FN6O3/c1-39-17-19-41(20-18-39)16-6-13-38-35(44)27-22-42-29-11-10-23-7-3-4-9-25(23)33(29)45-34-30(28(36)21-26(31(34)42)32(27)43)37-14-12-24-8-5-15-40(24)2/h22-26,28-31,33-34,37H,3-21H2,1-2H3,(H,38,44). The van der Waals surface area contributed by atoms with Gasteiger partial charge in [-0.2, -0.15) is 0 Å². The van der Waals surface area contributed by atoms with Gasteiger partial charge in [0.1, 0.15) is 6.17 Å². The van der Waals surface area contributed by atoms with Crippen molar-refractivity contribution in [3.8, 4) is 0 Å². The summed E-state index contributed by atoms with van der Waals surface area (Å²) >= 11 is 0. The summed E-state index contributed by atoms with van der Waals surface area (Å²) in [6.07, 6.45) is 11.9. The fourth-order valence-electron chi connectivity index (χ4n) is 10.2. The number of Topliss-reactive ketones (excluding diaryl/α,β-unsaturated/α-hetero) is 1. The van der Waals surface area contributed by atoms with Gasteiger partial charge in [-0.05, 0) is 96.9 Å². The van der Waals surface area contributed by atoms with Crippen molar-refractivity contribution in [3.05, 3.63) is 11.8 Å². The summed E-state index contributed by atoms with van der Waals surface area (Å²) < 4.78 is 23.3. The number of fused-ring (bicyclic) bond motifs is 4. The predicted octanol–water partition coefficient (Wildman–Crippen LogP) is 2.41. The number of likely N-dealkylation sites (N-methyl/N-ethyl adjacent to an activating group) is 1. The van der Waals surface area contributed by atoms with Crippen LogP contribution in [-0.2, 0) is 14.3 Å². The Bertz CT molecular complexity index is 1100. The number of halogens is 1. The second-order valence-electron chi connectivity index (χ2n) is 15.4. The van der Waals surface area contributed by atoms with E-state index in [-0.39, 0.29) is 41.9 Å². The number of amides is 1. The normalized spacial score (nSPS) is 40.8. The Morgan fingerprint density at radius 2 is 1.80 bits per heavy atom. The summed E-state index contributed by atoms with van der Waals surface area (Å²) in [5.41, 5.74) is 0.226. The van der Waals surface area contributed by atoms with Crippen LogP contribution in [0.1, 0.15) is 70.6 Å². The molecule has 3 saturated carbocycles. The first-order valence-electron chi connectivity index (χ1n) is 18.3. The summed E-state index contributed by atoms with van der Waals surface area (Å²) in [5, 5.41) is 6.68. The molecule has 9 nitrogen and oxygen atoms in total. The van der Waals surface area contributed by atoms with Gasteiger partial charge in [-0.15, -0.1) is 0 Å². The molecule has 0 aromatic rings. The molecule has 7 aliphatic rings. The van der Waals surface area contributed by atoms with Gasteiger partial charge in [-0.25, -0.2) is 4.39 Å². The quantitative estimate of drug-likeness (QED) is 0.298. The molecule has 0 bridgehead atoms. The zero-order valence-electron chi connectivity index (χ0n) is 27.7. The van der Waals surface area contributed by atoms with Crippen LogP contribution in [0.15, 0.2) is 11.8 Å². The molecule has 2 N–H and O–H groups in total. The minimum absolute atomic E-state index is 0.0267. The first-order valence-corrected chi connectivity index (χ1v) is 18.3. The van der Waals surface area contributed by atoms with Crippen LogP contribution in [0.2, 0.25) is 0 Å². The number of carbonyl (C=O) groups excluding carboxylic acids is 2. The van der Waals surface area contributed by atoms with E-state index in [1.54, 1.807) is 0 Å². The number of nitrogens with zero attached hydrogens (tertiary/aromatic N) is 4. The SMILES string of the molecule is CN1CCN(CCCNC(=O)C2=CN3C4CCC5CCCCC5C4OC4C(NCCC5CCCN5C)C(F)CC(C2=O)C43)CC1. The topological polar surface area (TPSA) is 80.4 Å². The molecule has 3 saturated heterocycles. The van der Waals surface area contributed by atoms with E-state index < -0.39 is 24.2 Å². The van der Waals surface area contributed by atoms with Gasteiger partial charge in [-0.1, -0.05) is 19.3 Å². The lowest BCUT2D eigenvalue weighted by molar-refractivity contribution is -0.220. The van der Waals surface area contributed by atoms with E-state index in [1.807, 2.05) is 6.20 Å². The van der Waals surface area contributed by atoms with Crippen molar-refractivity contribution in [3.63, 3.8) is 0 Å². The highest BCUT2D eigenvalue weighted by molar-refractivity contribution is 6.20. The van der Waals surface area contributed by atoms with Crippen molar-refractivity contribution in [2.24, 2.45) is 17.8 Å². The highest BCUT2D eigenvalue weighted by atomic mass is 19.1. The van der Waals surface area contributed by atoms with Crippen LogP contribution >= 0.6 is 0 Å². The van der Waals surface area contributed by atoms with Crippen LogP contribution in [0.25, 0.3) is 0 Å². The van der Waals surface area contributed by atoms with E-state index in [0.717, 1.165) is 71.5 Å². The Morgan fingerprint density at radius 3 is 2.60 bits per heavy atom. The number of hydrogen-bond acceptors (Lipinski definition) is 8. The second kappa shape index (κ2) is 13.9. The maximum Gasteiger partial charge on any atom is 0.256 e. The molecule has 4 aliphatic heterocycles. The number of alkyl halides is 1. The van der Waals surface area contributed by atoms with Gasteiger partial charge in [0, 0.05) is 50.9 Å². The number of nitrogens with one attached hydrogen (secondary N) is 2. The summed E-state index contributed by atoms with van der Waals surface area (Å²) in [6.45, 7) is 7.63. The minimum atomic E-state index is -1.18. The molecule has 10 heteroatoms. The van der Waals surface area contributed by atoms with Crippen molar-refractivity contribution in [1.29, 1.82) is 0 Å². The molecule has 0 aromatic heterocycles. The van der Waals surface area contributed by atoms with E-state index >= 15 is 4.39 Å². The van der Waals surface area contributed by atoms with E-state index in [2.05, 4.69) is 44.3 Å². The van der Waals surface area contributed by atoms with Crippen molar-refractivity contribution in [2.75, 3.05) is 66.5 Å². The zero-order chi connectivity index (χ0) is 31.1. The number of rotatable bonds is 9. The monoisotopic (exact) mass is 628 g/mol. The molecule has 0 spiro atoms. The fraction of sp³-hybridized carbons (Fsp3) is 0.886. The van der Waals surface area contributed by atoms with Crippen molar-refractivity contribution >= 4 is 11.7 Å². The number of ether oxygens (including phenoxy) is 1. The average Bonchev–Trinajstić information content (AvgIpc) is 3.46. The Balaban J connectivity index is 1.08. The lowest BCUT2D eigenvalue weighted by Crippen LogP contribution is -2.74. The first-order chi connectivity index (χ1) is 21.9. The molecule has 3 aliphatic carbocycles. The van der Waals surface area contributed by atoms with Gasteiger partial charge in [0.2, 0.25) is 0 Å². The number of carbonyl (C=O) groups is 2. The van der Waals surface area contributed by atoms with Gasteiger partial charge >= 0.3 is 0 Å². The smallest absolute Gasteiger partial charge is 0.256 e. The third kappa shape index (κ3) is 6.48. The summed E-state index contributed by atoms with van der Waals surface area (Å²) in [6, 6.07) is 0.0382. The van der Waals surface area contributed by atoms with Gasteiger partial charge < -0.3 is 35.0 Å². The Kier molecular flexibility index (Phi) is 9.86. The molecular weight excluding hydrogens is 571 g/mol. The van der Waals surface area contributed by atoms with E-state index in [1.165, 1.54) is 38.5 Å². The maximum absolute atomic E-state index is 16.2. The lowest BCUT2D eigenvalue weighted by Gasteiger charge is -2.61. The summed E-state index contributed by atoms with van der Waals surface area (Å²) in [5.74, 6) is 0.103. The zero-order valence-corrected chi connectivity index (χ0v) is 27.7. The highest BCUT2D eigenvalue weighted by Gasteiger charge is 2.60. The molecule has 252 valence electrons. The minimum Gasteiger partial charge on any atom is -0.369 e. The van der Waals surface area contributed by atoms with Crippen LogP contribution in [0.3, 0.4) is 0 Å². The number of morpholine rings is 1. The molecule has 6 fully saturated rings. The number of likely N-dealkylation sites (tertiary alicyclic amines) is 1. The van der Waals surface area contributed by atoms with E-state index in [9.17, 15) is 9.59 Å². The van der Waals surface area contributed by atoms with Crippen LogP contribution in [0.4, 0.5) is 4.39 Å². The van der Waals surface area contributed by atoms with Gasteiger partial charge in [0.05, 0.1) is 35.9 Å². The van der Waals surface area contributed by atoms with E-state index in [0.29, 0.717) is 24.4 Å². The largest absolute Gasteiger partial charge is 0.369 e. The third-order valence-electron chi connectivity index (χ3n) is 12.8. The number of ketones is 1. The maximum atomic E-state index is 16.2. The van der Waals surface area contributed by atoms with Gasteiger partial charge in [0.25, 0.3) is 5.91 Å². The molecule has 10 unspecified atom stereocenters. The Labute approximate surface area is 269 Å². The third-order valence-corrected chi connectivity index (χ3v) is 12.8. The van der Waals surface area contributed by atoms with Gasteiger partial charge in [0.15, 0.2) is 5.78 Å². The molecule has 0 radical (unpaired) electrons. The first kappa shape index (κ1) is 32.0. The number of hydrogen-bond donors (Lipinski definition) is 2. The fourth-order valence-corrected chi connectivity index (χ4v) is 10.2. The van der Waals surface area contributed by atoms with Gasteiger partial charge in [-0.3, -0.25) is 9.59 Å². The van der Waals surface area contributed by atoms with Crippen LogP contribution in [-0.4, -0.2) is 140 Å².